The van der Waals surface area contributed by atoms with E-state index in [1.54, 1.807) is 0 Å². The monoisotopic (exact) mass is 325 g/mol. The van der Waals surface area contributed by atoms with Gasteiger partial charge in [0.25, 0.3) is 11.8 Å². The first-order valence-electron chi connectivity index (χ1n) is 9.36. The quantitative estimate of drug-likeness (QED) is 0.702. The number of hydrogen-bond acceptors (Lipinski definition) is 2. The Balaban J connectivity index is 1.94. The zero-order valence-electron chi connectivity index (χ0n) is 14.8. The lowest BCUT2D eigenvalue weighted by atomic mass is 9.90. The minimum absolute atomic E-state index is 0.0735. The van der Waals surface area contributed by atoms with Gasteiger partial charge < -0.3 is 0 Å². The van der Waals surface area contributed by atoms with Crippen LogP contribution >= 0.6 is 0 Å². The van der Waals surface area contributed by atoms with Gasteiger partial charge in [-0.3, -0.25) is 14.5 Å². The zero-order valence-corrected chi connectivity index (χ0v) is 14.8. The molecule has 0 radical (unpaired) electrons. The molecule has 3 nitrogen and oxygen atoms in total. The first-order chi connectivity index (χ1) is 11.7. The molecule has 0 unspecified atom stereocenters. The standard InChI is InChI=1S/C21H27NO2/c1-3-5-7-15-9-10-18-17(16(15)8-6-4-2)11-12-19(18)22-20(23)13-14-21(22)24/h9-10,13-14,19H,3-8,11-12H2,1-2H3/t19-/m0/s1. The first-order valence-corrected chi connectivity index (χ1v) is 9.36. The van der Waals surface area contributed by atoms with Gasteiger partial charge in [0.05, 0.1) is 6.04 Å². The molecule has 0 aromatic heterocycles. The average molecular weight is 325 g/mol. The van der Waals surface area contributed by atoms with Crippen molar-refractivity contribution in [2.75, 3.05) is 0 Å². The maximum atomic E-state index is 12.1. The number of carbonyl (C=O) groups excluding carboxylic acids is 2. The highest BCUT2D eigenvalue weighted by molar-refractivity contribution is 6.13. The largest absolute Gasteiger partial charge is 0.269 e. The van der Waals surface area contributed by atoms with Crippen LogP contribution in [0, 0.1) is 0 Å². The van der Waals surface area contributed by atoms with E-state index < -0.39 is 0 Å². The van der Waals surface area contributed by atoms with Crippen molar-refractivity contribution in [2.24, 2.45) is 0 Å². The molecule has 1 aromatic carbocycles. The van der Waals surface area contributed by atoms with Crippen LogP contribution in [-0.2, 0) is 28.9 Å². The Labute approximate surface area is 144 Å². The normalized spacial score (nSPS) is 19.4. The van der Waals surface area contributed by atoms with Crippen molar-refractivity contribution in [3.63, 3.8) is 0 Å². The third-order valence-corrected chi connectivity index (χ3v) is 5.33. The fourth-order valence-corrected chi connectivity index (χ4v) is 4.06. The van der Waals surface area contributed by atoms with Crippen LogP contribution in [0.4, 0.5) is 0 Å². The van der Waals surface area contributed by atoms with Crippen LogP contribution in [0.1, 0.15) is 74.2 Å². The van der Waals surface area contributed by atoms with Crippen LogP contribution in [-0.4, -0.2) is 16.7 Å². The lowest BCUT2D eigenvalue weighted by Crippen LogP contribution is -2.33. The molecule has 1 heterocycles. The molecule has 1 aliphatic carbocycles. The number of hydrogen-bond donors (Lipinski definition) is 0. The summed E-state index contributed by atoms with van der Waals surface area (Å²) < 4.78 is 0. The average Bonchev–Trinajstić information content (AvgIpc) is 3.14. The van der Waals surface area contributed by atoms with E-state index >= 15 is 0 Å². The van der Waals surface area contributed by atoms with E-state index in [1.165, 1.54) is 65.0 Å². The van der Waals surface area contributed by atoms with E-state index in [1.807, 2.05) is 0 Å². The summed E-state index contributed by atoms with van der Waals surface area (Å²) in [4.78, 5) is 25.6. The van der Waals surface area contributed by atoms with Crippen molar-refractivity contribution in [3.05, 3.63) is 46.5 Å². The van der Waals surface area contributed by atoms with Gasteiger partial charge >= 0.3 is 0 Å². The van der Waals surface area contributed by atoms with Crippen LogP contribution in [0.25, 0.3) is 0 Å². The highest BCUT2D eigenvalue weighted by Crippen LogP contribution is 2.40. The number of aryl methyl sites for hydroxylation is 1. The van der Waals surface area contributed by atoms with E-state index in [4.69, 9.17) is 0 Å². The van der Waals surface area contributed by atoms with Gasteiger partial charge in [-0.15, -0.1) is 0 Å². The lowest BCUT2D eigenvalue weighted by molar-refractivity contribution is -0.139. The maximum Gasteiger partial charge on any atom is 0.254 e. The molecule has 0 fully saturated rings. The van der Waals surface area contributed by atoms with Crippen LogP contribution in [0.2, 0.25) is 0 Å². The van der Waals surface area contributed by atoms with E-state index in [-0.39, 0.29) is 17.9 Å². The third kappa shape index (κ3) is 3.04. The van der Waals surface area contributed by atoms with Crippen LogP contribution in [0.15, 0.2) is 24.3 Å². The van der Waals surface area contributed by atoms with Crippen molar-refractivity contribution in [2.45, 2.75) is 71.3 Å². The maximum absolute atomic E-state index is 12.1. The number of nitrogens with zero attached hydrogens (tertiary/aromatic N) is 1. The summed E-state index contributed by atoms with van der Waals surface area (Å²) in [6.07, 6.45) is 11.7. The van der Waals surface area contributed by atoms with Gasteiger partial charge in [-0.25, -0.2) is 0 Å². The van der Waals surface area contributed by atoms with Gasteiger partial charge in [0.2, 0.25) is 0 Å². The molecule has 2 amide bonds. The zero-order chi connectivity index (χ0) is 17.1. The molecule has 0 saturated carbocycles. The fraction of sp³-hybridized carbons (Fsp3) is 0.524. The molecule has 0 saturated heterocycles. The summed E-state index contributed by atoms with van der Waals surface area (Å²) in [5, 5.41) is 0. The molecule has 2 aliphatic rings. The molecule has 1 atom stereocenters. The molecule has 0 bridgehead atoms. The topological polar surface area (TPSA) is 37.4 Å². The van der Waals surface area contributed by atoms with E-state index in [2.05, 4.69) is 26.0 Å². The van der Waals surface area contributed by atoms with Crippen LogP contribution in [0.5, 0.6) is 0 Å². The second kappa shape index (κ2) is 7.33. The van der Waals surface area contributed by atoms with Crippen molar-refractivity contribution in [1.82, 2.24) is 4.90 Å². The SMILES string of the molecule is CCCCc1ccc2c(c1CCCC)CC[C@@H]2N1C(=O)C=CC1=O. The van der Waals surface area contributed by atoms with E-state index in [0.29, 0.717) is 0 Å². The number of imide groups is 1. The Kier molecular flexibility index (Phi) is 5.17. The second-order valence-electron chi connectivity index (χ2n) is 6.91. The lowest BCUT2D eigenvalue weighted by Gasteiger charge is -2.24. The molecule has 24 heavy (non-hydrogen) atoms. The van der Waals surface area contributed by atoms with Gasteiger partial charge in [0, 0.05) is 12.2 Å². The Morgan fingerprint density at radius 3 is 2.33 bits per heavy atom. The molecule has 0 spiro atoms. The Morgan fingerprint density at radius 2 is 1.67 bits per heavy atom. The number of carbonyl (C=O) groups is 2. The number of rotatable bonds is 7. The number of benzene rings is 1. The number of fused-ring (bicyclic) bond motifs is 1. The van der Waals surface area contributed by atoms with Gasteiger partial charge in [-0.05, 0) is 60.8 Å². The summed E-state index contributed by atoms with van der Waals surface area (Å²) in [6.45, 7) is 4.46. The van der Waals surface area contributed by atoms with Gasteiger partial charge in [0.1, 0.15) is 0 Å². The van der Waals surface area contributed by atoms with Crippen molar-refractivity contribution in [1.29, 1.82) is 0 Å². The highest BCUT2D eigenvalue weighted by atomic mass is 16.2. The van der Waals surface area contributed by atoms with Gasteiger partial charge in [-0.1, -0.05) is 38.8 Å². The summed E-state index contributed by atoms with van der Waals surface area (Å²) in [5.41, 5.74) is 5.58. The second-order valence-corrected chi connectivity index (χ2v) is 6.91. The third-order valence-electron chi connectivity index (χ3n) is 5.33. The van der Waals surface area contributed by atoms with Crippen LogP contribution in [0.3, 0.4) is 0 Å². The van der Waals surface area contributed by atoms with E-state index in [9.17, 15) is 9.59 Å². The van der Waals surface area contributed by atoms with Crippen molar-refractivity contribution in [3.8, 4) is 0 Å². The minimum Gasteiger partial charge on any atom is -0.269 e. The van der Waals surface area contributed by atoms with Crippen LogP contribution < -0.4 is 0 Å². The highest BCUT2D eigenvalue weighted by Gasteiger charge is 2.37. The van der Waals surface area contributed by atoms with Crippen molar-refractivity contribution >= 4 is 11.8 Å². The first kappa shape index (κ1) is 16.9. The van der Waals surface area contributed by atoms with Gasteiger partial charge in [0.15, 0.2) is 0 Å². The minimum atomic E-state index is -0.164. The van der Waals surface area contributed by atoms with E-state index in [0.717, 1.165) is 25.7 Å². The Bertz CT molecular complexity index is 657. The molecular formula is C21H27NO2. The van der Waals surface area contributed by atoms with Gasteiger partial charge in [-0.2, -0.15) is 0 Å². The Hall–Kier alpha value is -1.90. The predicted molar refractivity (Wildman–Crippen MR) is 95.7 cm³/mol. The predicted octanol–water partition coefficient (Wildman–Crippen LogP) is 4.28. The summed E-state index contributed by atoms with van der Waals surface area (Å²) in [5.74, 6) is -0.328. The van der Waals surface area contributed by atoms with Crippen molar-refractivity contribution < 1.29 is 9.59 Å². The Morgan fingerprint density at radius 1 is 1.00 bits per heavy atom. The molecule has 128 valence electrons. The smallest absolute Gasteiger partial charge is 0.254 e. The molecule has 3 heteroatoms. The molecular weight excluding hydrogens is 298 g/mol. The molecule has 1 aliphatic heterocycles. The molecule has 0 N–H and O–H groups in total. The molecule has 1 aromatic rings. The summed E-state index contributed by atoms with van der Waals surface area (Å²) >= 11 is 0. The summed E-state index contributed by atoms with van der Waals surface area (Å²) in [7, 11) is 0. The summed E-state index contributed by atoms with van der Waals surface area (Å²) in [6, 6.07) is 4.35. The molecule has 3 rings (SSSR count). The number of unbranched alkanes of at least 4 members (excludes halogenated alkanes) is 2. The number of amides is 2. The fourth-order valence-electron chi connectivity index (χ4n) is 4.06.